The van der Waals surface area contributed by atoms with Crippen LogP contribution in [-0.2, 0) is 10.8 Å². The standard InChI is InChI=1S/C44H29Br/c1-43(2)39-24-27(18-21-33(39)34-22-20-28(45)25-40(34)43)30-14-9-17-37-42(30)41-29-11-4-3-10-26(29)19-23-38(41)44(37)35-15-7-5-12-31(35)32-13-6-8-16-36(32)44/h3-25H,1-2H3. The van der Waals surface area contributed by atoms with Crippen LogP contribution in [-0.4, -0.2) is 0 Å². The summed E-state index contributed by atoms with van der Waals surface area (Å²) in [6, 6.07) is 52.8. The van der Waals surface area contributed by atoms with E-state index >= 15 is 0 Å². The van der Waals surface area contributed by atoms with Crippen LogP contribution in [0.1, 0.15) is 47.2 Å². The summed E-state index contributed by atoms with van der Waals surface area (Å²) in [5, 5.41) is 2.60. The summed E-state index contributed by atoms with van der Waals surface area (Å²) < 4.78 is 1.13. The van der Waals surface area contributed by atoms with E-state index in [1.807, 2.05) is 0 Å². The van der Waals surface area contributed by atoms with E-state index < -0.39 is 0 Å². The van der Waals surface area contributed by atoms with Crippen LogP contribution in [0.4, 0.5) is 0 Å². The highest BCUT2D eigenvalue weighted by atomic mass is 79.9. The van der Waals surface area contributed by atoms with Crippen LogP contribution < -0.4 is 0 Å². The lowest BCUT2D eigenvalue weighted by molar-refractivity contribution is 0.660. The number of benzene rings is 7. The molecule has 45 heavy (non-hydrogen) atoms. The van der Waals surface area contributed by atoms with Crippen LogP contribution in [0.5, 0.6) is 0 Å². The van der Waals surface area contributed by atoms with E-state index in [0.717, 1.165) is 4.47 Å². The van der Waals surface area contributed by atoms with Crippen LogP contribution >= 0.6 is 15.9 Å². The van der Waals surface area contributed by atoms with Crippen molar-refractivity contribution in [2.24, 2.45) is 0 Å². The van der Waals surface area contributed by atoms with Crippen molar-refractivity contribution < 1.29 is 0 Å². The number of fused-ring (bicyclic) bond motifs is 15. The van der Waals surface area contributed by atoms with Gasteiger partial charge in [0.25, 0.3) is 0 Å². The zero-order chi connectivity index (χ0) is 30.1. The maximum absolute atomic E-state index is 3.73. The third-order valence-corrected chi connectivity index (χ3v) is 11.4. The molecule has 0 bridgehead atoms. The summed E-state index contributed by atoms with van der Waals surface area (Å²) >= 11 is 3.73. The highest BCUT2D eigenvalue weighted by molar-refractivity contribution is 9.10. The first kappa shape index (κ1) is 25.6. The molecule has 1 spiro atoms. The Morgan fingerprint density at radius 2 is 1.00 bits per heavy atom. The summed E-state index contributed by atoms with van der Waals surface area (Å²) in [6.07, 6.45) is 0. The van der Waals surface area contributed by atoms with Gasteiger partial charge in [0.1, 0.15) is 0 Å². The average Bonchev–Trinajstić information content (AvgIpc) is 3.63. The lowest BCUT2D eigenvalue weighted by atomic mass is 9.70. The third kappa shape index (κ3) is 3.07. The first-order valence-electron chi connectivity index (χ1n) is 15.8. The Hall–Kier alpha value is -4.72. The van der Waals surface area contributed by atoms with Crippen LogP contribution in [0, 0.1) is 0 Å². The van der Waals surface area contributed by atoms with Crippen molar-refractivity contribution in [1.82, 2.24) is 0 Å². The van der Waals surface area contributed by atoms with E-state index in [2.05, 4.69) is 169 Å². The van der Waals surface area contributed by atoms with Gasteiger partial charge in [0.15, 0.2) is 0 Å². The van der Waals surface area contributed by atoms with Gasteiger partial charge in [0.05, 0.1) is 5.41 Å². The number of halogens is 1. The monoisotopic (exact) mass is 636 g/mol. The van der Waals surface area contributed by atoms with Gasteiger partial charge in [-0.3, -0.25) is 0 Å². The van der Waals surface area contributed by atoms with Crippen molar-refractivity contribution in [2.45, 2.75) is 24.7 Å². The van der Waals surface area contributed by atoms with Gasteiger partial charge in [-0.15, -0.1) is 0 Å². The molecule has 0 unspecified atom stereocenters. The molecular formula is C44H29Br. The van der Waals surface area contributed by atoms with E-state index in [1.165, 1.54) is 88.7 Å². The van der Waals surface area contributed by atoms with Crippen molar-refractivity contribution >= 4 is 26.7 Å². The predicted octanol–water partition coefficient (Wildman–Crippen LogP) is 11.9. The van der Waals surface area contributed by atoms with Gasteiger partial charge >= 0.3 is 0 Å². The smallest absolute Gasteiger partial charge is 0.0619 e. The molecule has 212 valence electrons. The Balaban J connectivity index is 1.32. The number of rotatable bonds is 1. The molecular weight excluding hydrogens is 608 g/mol. The molecule has 7 aromatic rings. The van der Waals surface area contributed by atoms with Crippen LogP contribution in [0.25, 0.3) is 55.3 Å². The topological polar surface area (TPSA) is 0 Å². The minimum atomic E-state index is -0.365. The molecule has 0 aromatic heterocycles. The minimum Gasteiger partial charge on any atom is -0.0619 e. The number of hydrogen-bond acceptors (Lipinski definition) is 0. The van der Waals surface area contributed by atoms with E-state index in [-0.39, 0.29) is 10.8 Å². The van der Waals surface area contributed by atoms with Crippen LogP contribution in [0.3, 0.4) is 0 Å². The molecule has 7 aromatic carbocycles. The first-order chi connectivity index (χ1) is 22.0. The van der Waals surface area contributed by atoms with Crippen LogP contribution in [0.2, 0.25) is 0 Å². The average molecular weight is 638 g/mol. The molecule has 0 saturated heterocycles. The van der Waals surface area contributed by atoms with E-state index in [1.54, 1.807) is 0 Å². The lowest BCUT2D eigenvalue weighted by Gasteiger charge is -2.30. The molecule has 0 atom stereocenters. The molecule has 0 radical (unpaired) electrons. The fourth-order valence-corrected chi connectivity index (χ4v) is 9.43. The van der Waals surface area contributed by atoms with Gasteiger partial charge in [-0.2, -0.15) is 0 Å². The van der Waals surface area contributed by atoms with Gasteiger partial charge in [0.2, 0.25) is 0 Å². The molecule has 3 aliphatic carbocycles. The van der Waals surface area contributed by atoms with Crippen molar-refractivity contribution in [3.63, 3.8) is 0 Å². The summed E-state index contributed by atoms with van der Waals surface area (Å²) in [6.45, 7) is 4.74. The molecule has 0 saturated carbocycles. The van der Waals surface area contributed by atoms with Gasteiger partial charge in [-0.25, -0.2) is 0 Å². The fourth-order valence-electron chi connectivity index (χ4n) is 9.07. The molecule has 10 rings (SSSR count). The highest BCUT2D eigenvalue weighted by Crippen LogP contribution is 2.65. The maximum Gasteiger partial charge on any atom is 0.0725 e. The molecule has 0 amide bonds. The highest BCUT2D eigenvalue weighted by Gasteiger charge is 2.52. The molecule has 0 fully saturated rings. The van der Waals surface area contributed by atoms with Crippen molar-refractivity contribution in [3.8, 4) is 44.5 Å². The largest absolute Gasteiger partial charge is 0.0725 e. The Labute approximate surface area is 272 Å². The molecule has 1 heteroatoms. The fraction of sp³-hybridized carbons (Fsp3) is 0.0909. The Kier molecular flexibility index (Phi) is 4.95. The second-order valence-electron chi connectivity index (χ2n) is 13.4. The molecule has 0 aliphatic heterocycles. The predicted molar refractivity (Wildman–Crippen MR) is 191 cm³/mol. The zero-order valence-electron chi connectivity index (χ0n) is 25.2. The maximum atomic E-state index is 3.73. The quantitative estimate of drug-likeness (QED) is 0.168. The Morgan fingerprint density at radius 1 is 0.422 bits per heavy atom. The van der Waals surface area contributed by atoms with Crippen LogP contribution in [0.15, 0.2) is 144 Å². The summed E-state index contributed by atoms with van der Waals surface area (Å²) in [4.78, 5) is 0. The van der Waals surface area contributed by atoms with Gasteiger partial charge < -0.3 is 0 Å². The number of hydrogen-bond donors (Lipinski definition) is 0. The normalized spacial score (nSPS) is 15.4. The van der Waals surface area contributed by atoms with Crippen molar-refractivity contribution in [2.75, 3.05) is 0 Å². The van der Waals surface area contributed by atoms with E-state index in [0.29, 0.717) is 0 Å². The van der Waals surface area contributed by atoms with Gasteiger partial charge in [-0.05, 0) is 107 Å². The Morgan fingerprint density at radius 3 is 1.78 bits per heavy atom. The SMILES string of the molecule is CC1(C)c2cc(Br)ccc2-c2ccc(-c3cccc4c3-c3c(ccc5ccccc35)C43c4ccccc4-c4ccccc43)cc21. The Bertz CT molecular complexity index is 2380. The van der Waals surface area contributed by atoms with Gasteiger partial charge in [-0.1, -0.05) is 151 Å². The second kappa shape index (κ2) is 8.71. The molecule has 0 nitrogen and oxygen atoms in total. The zero-order valence-corrected chi connectivity index (χ0v) is 26.7. The minimum absolute atomic E-state index is 0.0857. The van der Waals surface area contributed by atoms with E-state index in [9.17, 15) is 0 Å². The first-order valence-corrected chi connectivity index (χ1v) is 16.6. The van der Waals surface area contributed by atoms with Gasteiger partial charge in [0, 0.05) is 9.89 Å². The third-order valence-electron chi connectivity index (χ3n) is 11.0. The summed E-state index contributed by atoms with van der Waals surface area (Å²) in [7, 11) is 0. The van der Waals surface area contributed by atoms with Crippen molar-refractivity contribution in [1.29, 1.82) is 0 Å². The summed E-state index contributed by atoms with van der Waals surface area (Å²) in [5.74, 6) is 0. The van der Waals surface area contributed by atoms with E-state index in [4.69, 9.17) is 0 Å². The second-order valence-corrected chi connectivity index (χ2v) is 14.3. The molecule has 0 heterocycles. The lowest BCUT2D eigenvalue weighted by Crippen LogP contribution is -2.25. The summed E-state index contributed by atoms with van der Waals surface area (Å²) in [5.41, 5.74) is 18.6. The molecule has 0 N–H and O–H groups in total. The molecule has 3 aliphatic rings. The van der Waals surface area contributed by atoms with Crippen molar-refractivity contribution in [3.05, 3.63) is 177 Å².